The zero-order valence-corrected chi connectivity index (χ0v) is 10.6. The fourth-order valence-corrected chi connectivity index (χ4v) is 2.86. The van der Waals surface area contributed by atoms with Crippen molar-refractivity contribution in [3.63, 3.8) is 0 Å². The molecule has 96 valence electrons. The van der Waals surface area contributed by atoms with Crippen LogP contribution >= 0.6 is 11.8 Å². The first-order chi connectivity index (χ1) is 8.83. The number of nitrogens with zero attached hydrogens (tertiary/aromatic N) is 4. The lowest BCUT2D eigenvalue weighted by molar-refractivity contribution is -0.00191. The number of ether oxygens (including phenoxy) is 1. The van der Waals surface area contributed by atoms with E-state index in [1.54, 1.807) is 25.1 Å². The molecule has 2 aromatic rings. The molecule has 8 heteroatoms. The molecule has 0 bridgehead atoms. The zero-order valence-electron chi connectivity index (χ0n) is 9.78. The first-order valence-corrected chi connectivity index (χ1v) is 6.61. The number of aliphatic hydroxyl groups excluding tert-OH is 1. The van der Waals surface area contributed by atoms with Crippen LogP contribution in [0.25, 0.3) is 11.2 Å². The summed E-state index contributed by atoms with van der Waals surface area (Å²) in [5.41, 5.74) is 1.29. The van der Waals surface area contributed by atoms with Crippen LogP contribution in [-0.2, 0) is 4.74 Å². The van der Waals surface area contributed by atoms with Crippen molar-refractivity contribution in [3.8, 4) is 0 Å². The fourth-order valence-electron chi connectivity index (χ4n) is 1.93. The summed E-state index contributed by atoms with van der Waals surface area (Å²) >= 11 is 1.59. The van der Waals surface area contributed by atoms with Crippen molar-refractivity contribution >= 4 is 28.7 Å². The maximum absolute atomic E-state index is 9.07. The van der Waals surface area contributed by atoms with Gasteiger partial charge in [0.15, 0.2) is 11.5 Å². The van der Waals surface area contributed by atoms with E-state index >= 15 is 0 Å². The van der Waals surface area contributed by atoms with Gasteiger partial charge in [-0.2, -0.15) is 0 Å². The van der Waals surface area contributed by atoms with E-state index in [1.807, 2.05) is 4.57 Å². The minimum atomic E-state index is -0.168. The van der Waals surface area contributed by atoms with Gasteiger partial charge in [-0.05, 0) is 0 Å². The SMILES string of the molecule is CNc1ncnc2c1ncn2[C@H]1CS[C@H](CO)O1. The second-order valence-corrected chi connectivity index (χ2v) is 5.02. The van der Waals surface area contributed by atoms with Gasteiger partial charge in [0.1, 0.15) is 23.5 Å². The molecule has 0 amide bonds. The lowest BCUT2D eigenvalue weighted by Crippen LogP contribution is -2.14. The normalized spacial score (nSPS) is 23.7. The third-order valence-corrected chi connectivity index (χ3v) is 3.90. The largest absolute Gasteiger partial charge is 0.393 e. The lowest BCUT2D eigenvalue weighted by Gasteiger charge is -2.12. The molecule has 1 saturated heterocycles. The van der Waals surface area contributed by atoms with Crippen molar-refractivity contribution < 1.29 is 9.84 Å². The van der Waals surface area contributed by atoms with Gasteiger partial charge in [0.2, 0.25) is 0 Å². The number of anilines is 1. The molecule has 3 rings (SSSR count). The smallest absolute Gasteiger partial charge is 0.167 e. The highest BCUT2D eigenvalue weighted by atomic mass is 32.2. The number of hydrogen-bond acceptors (Lipinski definition) is 7. The molecule has 0 aromatic carbocycles. The van der Waals surface area contributed by atoms with Gasteiger partial charge in [-0.15, -0.1) is 11.8 Å². The van der Waals surface area contributed by atoms with Gasteiger partial charge >= 0.3 is 0 Å². The Balaban J connectivity index is 1.98. The zero-order chi connectivity index (χ0) is 12.5. The minimum Gasteiger partial charge on any atom is -0.393 e. The lowest BCUT2D eigenvalue weighted by atomic mass is 10.5. The van der Waals surface area contributed by atoms with Crippen molar-refractivity contribution in [2.24, 2.45) is 0 Å². The Kier molecular flexibility index (Phi) is 3.06. The molecule has 2 atom stereocenters. The standard InChI is InChI=1S/C10H13N5O2S/c1-11-9-8-10(13-4-12-9)15(5-14-8)6-3-18-7(2-16)17-6/h4-7,16H,2-3H2,1H3,(H,11,12,13)/t6-,7-/m1/s1. The van der Waals surface area contributed by atoms with Crippen molar-refractivity contribution in [2.45, 2.75) is 11.7 Å². The molecule has 2 aromatic heterocycles. The summed E-state index contributed by atoms with van der Waals surface area (Å²) in [5, 5.41) is 12.1. The van der Waals surface area contributed by atoms with E-state index in [9.17, 15) is 0 Å². The van der Waals surface area contributed by atoms with Gasteiger partial charge in [0, 0.05) is 12.8 Å². The summed E-state index contributed by atoms with van der Waals surface area (Å²) in [6.07, 6.45) is 3.06. The Morgan fingerprint density at radius 2 is 2.44 bits per heavy atom. The summed E-state index contributed by atoms with van der Waals surface area (Å²) in [6, 6.07) is 0. The summed E-state index contributed by atoms with van der Waals surface area (Å²) in [4.78, 5) is 12.7. The number of hydrogen-bond donors (Lipinski definition) is 2. The van der Waals surface area contributed by atoms with E-state index in [1.165, 1.54) is 6.33 Å². The Morgan fingerprint density at radius 1 is 1.56 bits per heavy atom. The molecule has 1 aliphatic rings. The van der Waals surface area contributed by atoms with Crippen molar-refractivity contribution in [1.82, 2.24) is 19.5 Å². The van der Waals surface area contributed by atoms with Gasteiger partial charge < -0.3 is 15.2 Å². The van der Waals surface area contributed by atoms with Gasteiger partial charge in [-0.1, -0.05) is 0 Å². The van der Waals surface area contributed by atoms with Crippen LogP contribution in [0.15, 0.2) is 12.7 Å². The first-order valence-electron chi connectivity index (χ1n) is 5.56. The van der Waals surface area contributed by atoms with Crippen LogP contribution in [0.1, 0.15) is 6.23 Å². The van der Waals surface area contributed by atoms with E-state index in [0.29, 0.717) is 5.82 Å². The number of rotatable bonds is 3. The highest BCUT2D eigenvalue weighted by Gasteiger charge is 2.28. The van der Waals surface area contributed by atoms with Gasteiger partial charge in [0.05, 0.1) is 12.9 Å². The summed E-state index contributed by atoms with van der Waals surface area (Å²) in [5.74, 6) is 1.47. The molecule has 0 spiro atoms. The minimum absolute atomic E-state index is 0.0184. The first kappa shape index (κ1) is 11.7. The monoisotopic (exact) mass is 267 g/mol. The Bertz CT molecular complexity index is 560. The number of imidazole rings is 1. The molecule has 0 radical (unpaired) electrons. The van der Waals surface area contributed by atoms with Crippen LogP contribution in [-0.4, -0.2) is 49.5 Å². The molecule has 0 aliphatic carbocycles. The Morgan fingerprint density at radius 3 is 3.17 bits per heavy atom. The predicted molar refractivity (Wildman–Crippen MR) is 68.3 cm³/mol. The van der Waals surface area contributed by atoms with E-state index in [4.69, 9.17) is 9.84 Å². The van der Waals surface area contributed by atoms with Crippen molar-refractivity contribution in [3.05, 3.63) is 12.7 Å². The molecular weight excluding hydrogens is 254 g/mol. The van der Waals surface area contributed by atoms with Crippen LogP contribution < -0.4 is 5.32 Å². The van der Waals surface area contributed by atoms with E-state index < -0.39 is 0 Å². The summed E-state index contributed by atoms with van der Waals surface area (Å²) in [6.45, 7) is 0.0184. The third-order valence-electron chi connectivity index (χ3n) is 2.79. The van der Waals surface area contributed by atoms with Crippen molar-refractivity contribution in [1.29, 1.82) is 0 Å². The third kappa shape index (κ3) is 1.82. The molecule has 1 fully saturated rings. The van der Waals surface area contributed by atoms with Gasteiger partial charge in [0.25, 0.3) is 0 Å². The molecule has 7 nitrogen and oxygen atoms in total. The summed E-state index contributed by atoms with van der Waals surface area (Å²) in [7, 11) is 1.80. The highest BCUT2D eigenvalue weighted by Crippen LogP contribution is 2.33. The number of fused-ring (bicyclic) bond motifs is 1. The fraction of sp³-hybridized carbons (Fsp3) is 0.500. The van der Waals surface area contributed by atoms with Crippen LogP contribution in [0.3, 0.4) is 0 Å². The average molecular weight is 267 g/mol. The topological polar surface area (TPSA) is 85.1 Å². The summed E-state index contributed by atoms with van der Waals surface area (Å²) < 4.78 is 7.57. The van der Waals surface area contributed by atoms with E-state index in [2.05, 4.69) is 20.3 Å². The second-order valence-electron chi connectivity index (χ2n) is 3.83. The van der Waals surface area contributed by atoms with Gasteiger partial charge in [-0.3, -0.25) is 4.57 Å². The molecule has 3 heterocycles. The molecule has 0 saturated carbocycles. The molecule has 1 aliphatic heterocycles. The molecule has 0 unspecified atom stereocenters. The predicted octanol–water partition coefficient (Wildman–Crippen LogP) is 0.448. The maximum Gasteiger partial charge on any atom is 0.167 e. The van der Waals surface area contributed by atoms with Crippen LogP contribution in [0, 0.1) is 0 Å². The maximum atomic E-state index is 9.07. The Labute approximate surface area is 108 Å². The quantitative estimate of drug-likeness (QED) is 0.835. The van der Waals surface area contributed by atoms with E-state index in [0.717, 1.165) is 16.9 Å². The van der Waals surface area contributed by atoms with E-state index in [-0.39, 0.29) is 18.3 Å². The van der Waals surface area contributed by atoms with Gasteiger partial charge in [-0.25, -0.2) is 15.0 Å². The number of aromatic nitrogens is 4. The Hall–Kier alpha value is -1.38. The second kappa shape index (κ2) is 4.71. The van der Waals surface area contributed by atoms with Crippen LogP contribution in [0.4, 0.5) is 5.82 Å². The average Bonchev–Trinajstić information content (AvgIpc) is 3.03. The van der Waals surface area contributed by atoms with Crippen LogP contribution in [0.2, 0.25) is 0 Å². The molecule has 18 heavy (non-hydrogen) atoms. The van der Waals surface area contributed by atoms with Crippen LogP contribution in [0.5, 0.6) is 0 Å². The number of aliphatic hydroxyl groups is 1. The van der Waals surface area contributed by atoms with Crippen molar-refractivity contribution in [2.75, 3.05) is 24.7 Å². The number of nitrogens with one attached hydrogen (secondary N) is 1. The molecular formula is C10H13N5O2S. The highest BCUT2D eigenvalue weighted by molar-refractivity contribution is 8.00. The number of thioether (sulfide) groups is 1. The molecule has 2 N–H and O–H groups in total.